The zero-order valence-electron chi connectivity index (χ0n) is 13.3. The average molecular weight is 309 g/mol. The summed E-state index contributed by atoms with van der Waals surface area (Å²) in [6, 6.07) is 15.4. The molecule has 1 atom stereocenters. The van der Waals surface area contributed by atoms with Gasteiger partial charge in [-0.1, -0.05) is 30.3 Å². The second-order valence-electron chi connectivity index (χ2n) is 6.37. The number of ether oxygens (including phenoxy) is 1. The SMILES string of the molecule is c1ccc(C(Nc2ccc(N3CCOCC3)nc2)C2CC2)cc1. The smallest absolute Gasteiger partial charge is 0.128 e. The second-order valence-corrected chi connectivity index (χ2v) is 6.37. The number of anilines is 2. The monoisotopic (exact) mass is 309 g/mol. The summed E-state index contributed by atoms with van der Waals surface area (Å²) in [6.07, 6.45) is 4.58. The molecule has 1 saturated carbocycles. The van der Waals surface area contributed by atoms with Crippen LogP contribution in [0.25, 0.3) is 0 Å². The van der Waals surface area contributed by atoms with Crippen LogP contribution in [0.5, 0.6) is 0 Å². The summed E-state index contributed by atoms with van der Waals surface area (Å²) >= 11 is 0. The largest absolute Gasteiger partial charge is 0.378 e. The first kappa shape index (κ1) is 14.5. The Hall–Kier alpha value is -2.07. The van der Waals surface area contributed by atoms with Crippen LogP contribution in [0.3, 0.4) is 0 Å². The first-order valence-electron chi connectivity index (χ1n) is 8.50. The number of nitrogens with zero attached hydrogens (tertiary/aromatic N) is 2. The van der Waals surface area contributed by atoms with Gasteiger partial charge in [-0.15, -0.1) is 0 Å². The first-order chi connectivity index (χ1) is 11.4. The molecular weight excluding hydrogens is 286 g/mol. The molecule has 4 rings (SSSR count). The van der Waals surface area contributed by atoms with E-state index in [1.807, 2.05) is 6.20 Å². The Labute approximate surface area is 137 Å². The van der Waals surface area contributed by atoms with Crippen LogP contribution in [-0.4, -0.2) is 31.3 Å². The molecule has 0 radical (unpaired) electrons. The number of benzene rings is 1. The average Bonchev–Trinajstić information content (AvgIpc) is 3.47. The topological polar surface area (TPSA) is 37.4 Å². The summed E-state index contributed by atoms with van der Waals surface area (Å²) in [5, 5.41) is 3.68. The van der Waals surface area contributed by atoms with E-state index in [2.05, 4.69) is 57.7 Å². The third kappa shape index (κ3) is 3.48. The highest BCUT2D eigenvalue weighted by atomic mass is 16.5. The molecule has 1 aliphatic carbocycles. The van der Waals surface area contributed by atoms with Gasteiger partial charge in [0.25, 0.3) is 0 Å². The number of hydrogen-bond donors (Lipinski definition) is 1. The molecule has 1 saturated heterocycles. The summed E-state index contributed by atoms with van der Waals surface area (Å²) in [6.45, 7) is 3.43. The number of rotatable bonds is 5. The third-order valence-corrected chi connectivity index (χ3v) is 4.66. The lowest BCUT2D eigenvalue weighted by Gasteiger charge is -2.28. The number of aromatic nitrogens is 1. The minimum absolute atomic E-state index is 0.396. The summed E-state index contributed by atoms with van der Waals surface area (Å²) in [7, 11) is 0. The van der Waals surface area contributed by atoms with E-state index in [1.165, 1.54) is 18.4 Å². The molecule has 2 heterocycles. The van der Waals surface area contributed by atoms with Gasteiger partial charge in [0, 0.05) is 13.1 Å². The zero-order valence-corrected chi connectivity index (χ0v) is 13.3. The summed E-state index contributed by atoms with van der Waals surface area (Å²) < 4.78 is 5.40. The van der Waals surface area contributed by atoms with Crippen LogP contribution < -0.4 is 10.2 Å². The van der Waals surface area contributed by atoms with E-state index in [9.17, 15) is 0 Å². The highest BCUT2D eigenvalue weighted by Crippen LogP contribution is 2.42. The maximum atomic E-state index is 5.40. The Kier molecular flexibility index (Phi) is 4.16. The molecule has 2 aliphatic rings. The minimum atomic E-state index is 0.396. The lowest BCUT2D eigenvalue weighted by molar-refractivity contribution is 0.122. The standard InChI is InChI=1S/C19H23N3O/c1-2-4-15(5-3-1)19(16-6-7-16)21-17-8-9-18(20-14-17)22-10-12-23-13-11-22/h1-5,8-9,14,16,19,21H,6-7,10-13H2. The zero-order chi connectivity index (χ0) is 15.5. The van der Waals surface area contributed by atoms with E-state index >= 15 is 0 Å². The minimum Gasteiger partial charge on any atom is -0.378 e. The quantitative estimate of drug-likeness (QED) is 0.917. The van der Waals surface area contributed by atoms with Gasteiger partial charge in [-0.05, 0) is 36.5 Å². The van der Waals surface area contributed by atoms with Crippen molar-refractivity contribution in [2.75, 3.05) is 36.5 Å². The number of pyridine rings is 1. The molecule has 2 aromatic rings. The van der Waals surface area contributed by atoms with Crippen molar-refractivity contribution in [1.82, 2.24) is 4.98 Å². The van der Waals surface area contributed by atoms with Gasteiger partial charge in [0.1, 0.15) is 5.82 Å². The molecule has 1 unspecified atom stereocenters. The second kappa shape index (κ2) is 6.59. The molecule has 0 amide bonds. The molecular formula is C19H23N3O. The van der Waals surface area contributed by atoms with E-state index in [0.717, 1.165) is 43.7 Å². The molecule has 23 heavy (non-hydrogen) atoms. The normalized spacial score (nSPS) is 19.4. The number of nitrogens with one attached hydrogen (secondary N) is 1. The Morgan fingerprint density at radius 1 is 1.04 bits per heavy atom. The fourth-order valence-electron chi connectivity index (χ4n) is 3.19. The molecule has 0 bridgehead atoms. The van der Waals surface area contributed by atoms with E-state index in [4.69, 9.17) is 4.74 Å². The molecule has 0 spiro atoms. The van der Waals surface area contributed by atoms with E-state index < -0.39 is 0 Å². The maximum Gasteiger partial charge on any atom is 0.128 e. The Morgan fingerprint density at radius 2 is 1.83 bits per heavy atom. The van der Waals surface area contributed by atoms with Crippen molar-refractivity contribution in [3.05, 3.63) is 54.2 Å². The number of hydrogen-bond acceptors (Lipinski definition) is 4. The van der Waals surface area contributed by atoms with E-state index in [-0.39, 0.29) is 0 Å². The summed E-state index contributed by atoms with van der Waals surface area (Å²) in [5.74, 6) is 1.79. The summed E-state index contributed by atoms with van der Waals surface area (Å²) in [4.78, 5) is 6.92. The Bertz CT molecular complexity index is 619. The van der Waals surface area contributed by atoms with Crippen LogP contribution in [0, 0.1) is 5.92 Å². The third-order valence-electron chi connectivity index (χ3n) is 4.66. The lowest BCUT2D eigenvalue weighted by atomic mass is 10.0. The van der Waals surface area contributed by atoms with Crippen molar-refractivity contribution in [3.8, 4) is 0 Å². The highest BCUT2D eigenvalue weighted by molar-refractivity contribution is 5.50. The molecule has 1 aromatic carbocycles. The van der Waals surface area contributed by atoms with Crippen LogP contribution >= 0.6 is 0 Å². The van der Waals surface area contributed by atoms with Crippen LogP contribution in [-0.2, 0) is 4.74 Å². The van der Waals surface area contributed by atoms with Crippen molar-refractivity contribution in [3.63, 3.8) is 0 Å². The highest BCUT2D eigenvalue weighted by Gasteiger charge is 2.32. The van der Waals surface area contributed by atoms with Crippen LogP contribution in [0.2, 0.25) is 0 Å². The number of morpholine rings is 1. The molecule has 1 aliphatic heterocycles. The maximum absolute atomic E-state index is 5.40. The van der Waals surface area contributed by atoms with Gasteiger partial charge in [-0.25, -0.2) is 4.98 Å². The summed E-state index contributed by atoms with van der Waals surface area (Å²) in [5.41, 5.74) is 2.47. The van der Waals surface area contributed by atoms with Gasteiger partial charge >= 0.3 is 0 Å². The fraction of sp³-hybridized carbons (Fsp3) is 0.421. The van der Waals surface area contributed by atoms with Gasteiger partial charge in [-0.3, -0.25) is 0 Å². The van der Waals surface area contributed by atoms with Crippen LogP contribution in [0.4, 0.5) is 11.5 Å². The molecule has 120 valence electrons. The fourth-order valence-corrected chi connectivity index (χ4v) is 3.19. The molecule has 1 aromatic heterocycles. The van der Waals surface area contributed by atoms with Crippen LogP contribution in [0.1, 0.15) is 24.4 Å². The van der Waals surface area contributed by atoms with Gasteiger partial charge in [0.15, 0.2) is 0 Å². The first-order valence-corrected chi connectivity index (χ1v) is 8.50. The predicted molar refractivity (Wildman–Crippen MR) is 92.8 cm³/mol. The van der Waals surface area contributed by atoms with Gasteiger partial charge in [-0.2, -0.15) is 0 Å². The van der Waals surface area contributed by atoms with Gasteiger partial charge in [0.05, 0.1) is 31.1 Å². The van der Waals surface area contributed by atoms with E-state index in [0.29, 0.717) is 6.04 Å². The molecule has 4 heteroatoms. The van der Waals surface area contributed by atoms with Crippen molar-refractivity contribution < 1.29 is 4.74 Å². The molecule has 2 fully saturated rings. The molecule has 4 nitrogen and oxygen atoms in total. The van der Waals surface area contributed by atoms with Crippen LogP contribution in [0.15, 0.2) is 48.7 Å². The predicted octanol–water partition coefficient (Wildman–Crippen LogP) is 3.48. The van der Waals surface area contributed by atoms with Crippen molar-refractivity contribution in [1.29, 1.82) is 0 Å². The molecule has 1 N–H and O–H groups in total. The van der Waals surface area contributed by atoms with Crippen molar-refractivity contribution in [2.24, 2.45) is 5.92 Å². The van der Waals surface area contributed by atoms with Crippen molar-refractivity contribution >= 4 is 11.5 Å². The van der Waals surface area contributed by atoms with Crippen molar-refractivity contribution in [2.45, 2.75) is 18.9 Å². The Morgan fingerprint density at radius 3 is 2.48 bits per heavy atom. The van der Waals surface area contributed by atoms with Gasteiger partial charge < -0.3 is 15.0 Å². The lowest BCUT2D eigenvalue weighted by Crippen LogP contribution is -2.36. The van der Waals surface area contributed by atoms with E-state index in [1.54, 1.807) is 0 Å². The Balaban J connectivity index is 1.47. The van der Waals surface area contributed by atoms with Gasteiger partial charge in [0.2, 0.25) is 0 Å².